The molecule has 35 heavy (non-hydrogen) atoms. The van der Waals surface area contributed by atoms with Gasteiger partial charge in [0.1, 0.15) is 12.6 Å². The Balaban J connectivity index is 1.79. The van der Waals surface area contributed by atoms with Crippen LogP contribution in [0.25, 0.3) is 0 Å². The molecule has 14 heteroatoms. The Hall–Kier alpha value is -2.54. The number of H-pyrrole nitrogens is 1. The molecule has 1 aromatic carbocycles. The number of hydrogen-bond acceptors (Lipinski definition) is 8. The first-order valence-corrected chi connectivity index (χ1v) is 13.3. The molecule has 2 aromatic rings. The number of nitrogens with two attached hydrogens (primary N) is 1. The third kappa shape index (κ3) is 7.72. The van der Waals surface area contributed by atoms with Crippen molar-refractivity contribution in [1.29, 1.82) is 0 Å². The molecule has 1 amide bonds. The van der Waals surface area contributed by atoms with Crippen molar-refractivity contribution in [3.05, 3.63) is 34.6 Å². The van der Waals surface area contributed by atoms with Crippen LogP contribution < -0.4 is 21.1 Å². The Kier molecular flexibility index (Phi) is 9.22. The van der Waals surface area contributed by atoms with Crippen LogP contribution in [0, 0.1) is 11.8 Å². The van der Waals surface area contributed by atoms with E-state index in [0.29, 0.717) is 18.4 Å². The number of anilines is 2. The number of halogens is 2. The van der Waals surface area contributed by atoms with Gasteiger partial charge in [-0.2, -0.15) is 4.72 Å². The van der Waals surface area contributed by atoms with Gasteiger partial charge >= 0.3 is 5.97 Å². The van der Waals surface area contributed by atoms with Crippen LogP contribution in [0.1, 0.15) is 26.2 Å². The standard InChI is InChI=1S/C21H28Cl2N6O5S/c1-2-34-18(30)11-27-20(31)17(7-13(12-3-4-12)10-28-21-25-5-6-26-21)29-35(32,33)14-8-15(22)19(24)16(23)9-14/h5-6,8-9,12-13,17,29H,2-4,7,10-11,24H2,1H3,(H,27,31)(H2,25,26,28)/t13?,17-/m0/s1. The lowest BCUT2D eigenvalue weighted by atomic mass is 9.94. The number of amides is 1. The van der Waals surface area contributed by atoms with Crippen molar-refractivity contribution >= 4 is 56.7 Å². The zero-order valence-corrected chi connectivity index (χ0v) is 21.3. The van der Waals surface area contributed by atoms with Crippen LogP contribution in [-0.2, 0) is 24.3 Å². The molecule has 1 fully saturated rings. The molecule has 0 bridgehead atoms. The lowest BCUT2D eigenvalue weighted by Gasteiger charge is -2.24. The molecule has 1 saturated carbocycles. The second-order valence-electron chi connectivity index (χ2n) is 8.15. The molecule has 1 aliphatic rings. The molecule has 1 unspecified atom stereocenters. The summed E-state index contributed by atoms with van der Waals surface area (Å²) in [6.45, 7) is 1.89. The number of rotatable bonds is 13. The minimum atomic E-state index is -4.21. The summed E-state index contributed by atoms with van der Waals surface area (Å²) in [7, 11) is -4.21. The van der Waals surface area contributed by atoms with Crippen LogP contribution in [0.2, 0.25) is 10.0 Å². The highest BCUT2D eigenvalue weighted by Gasteiger charge is 2.36. The van der Waals surface area contributed by atoms with Crippen molar-refractivity contribution in [2.75, 3.05) is 30.7 Å². The van der Waals surface area contributed by atoms with Crippen LogP contribution in [0.3, 0.4) is 0 Å². The van der Waals surface area contributed by atoms with E-state index in [4.69, 9.17) is 33.7 Å². The molecule has 11 nitrogen and oxygen atoms in total. The number of esters is 1. The van der Waals surface area contributed by atoms with E-state index in [2.05, 4.69) is 25.3 Å². The van der Waals surface area contributed by atoms with Crippen LogP contribution in [0.15, 0.2) is 29.4 Å². The average molecular weight is 547 g/mol. The summed E-state index contributed by atoms with van der Waals surface area (Å²) in [6, 6.07) is 1.15. The largest absolute Gasteiger partial charge is 0.465 e. The van der Waals surface area contributed by atoms with Crippen LogP contribution >= 0.6 is 23.2 Å². The normalized spacial score (nSPS) is 15.3. The molecule has 1 heterocycles. The van der Waals surface area contributed by atoms with Gasteiger partial charge in [0.05, 0.1) is 27.2 Å². The maximum Gasteiger partial charge on any atom is 0.325 e. The summed E-state index contributed by atoms with van der Waals surface area (Å²) in [5.74, 6) is -0.427. The van der Waals surface area contributed by atoms with E-state index in [1.54, 1.807) is 19.3 Å². The summed E-state index contributed by atoms with van der Waals surface area (Å²) >= 11 is 12.0. The van der Waals surface area contributed by atoms with Gasteiger partial charge in [0.25, 0.3) is 0 Å². The van der Waals surface area contributed by atoms with Crippen molar-refractivity contribution in [3.8, 4) is 0 Å². The molecule has 0 aliphatic heterocycles. The minimum absolute atomic E-state index is 0.0281. The van der Waals surface area contributed by atoms with Crippen LogP contribution in [0.4, 0.5) is 11.6 Å². The second kappa shape index (κ2) is 11.9. The third-order valence-corrected chi connectivity index (χ3v) is 7.62. The minimum Gasteiger partial charge on any atom is -0.465 e. The van der Waals surface area contributed by atoms with E-state index >= 15 is 0 Å². The van der Waals surface area contributed by atoms with Crippen molar-refractivity contribution in [2.24, 2.45) is 11.8 Å². The maximum atomic E-state index is 13.1. The smallest absolute Gasteiger partial charge is 0.325 e. The van der Waals surface area contributed by atoms with E-state index in [9.17, 15) is 18.0 Å². The van der Waals surface area contributed by atoms with E-state index in [-0.39, 0.29) is 46.1 Å². The van der Waals surface area contributed by atoms with Gasteiger partial charge in [0.15, 0.2) is 5.95 Å². The van der Waals surface area contributed by atoms with Gasteiger partial charge in [0, 0.05) is 18.9 Å². The summed E-state index contributed by atoms with van der Waals surface area (Å²) in [5.41, 5.74) is 5.76. The highest BCUT2D eigenvalue weighted by molar-refractivity contribution is 7.89. The van der Waals surface area contributed by atoms with Crippen molar-refractivity contribution in [1.82, 2.24) is 20.0 Å². The highest BCUT2D eigenvalue weighted by atomic mass is 35.5. The third-order valence-electron chi connectivity index (χ3n) is 5.55. The number of ether oxygens (including phenoxy) is 1. The van der Waals surface area contributed by atoms with E-state index in [0.717, 1.165) is 25.0 Å². The van der Waals surface area contributed by atoms with Crippen LogP contribution in [-0.4, -0.2) is 56.0 Å². The molecule has 3 rings (SSSR count). The monoisotopic (exact) mass is 546 g/mol. The highest BCUT2D eigenvalue weighted by Crippen LogP contribution is 2.39. The number of nitrogen functional groups attached to an aromatic ring is 1. The molecule has 0 saturated heterocycles. The number of nitrogens with zero attached hydrogens (tertiary/aromatic N) is 1. The number of carbonyl (C=O) groups is 2. The molecular weight excluding hydrogens is 519 g/mol. The molecule has 2 atom stereocenters. The van der Waals surface area contributed by atoms with Gasteiger partial charge in [-0.3, -0.25) is 9.59 Å². The van der Waals surface area contributed by atoms with Crippen molar-refractivity contribution < 1.29 is 22.7 Å². The Morgan fingerprint density at radius 1 is 1.29 bits per heavy atom. The van der Waals surface area contributed by atoms with Crippen molar-refractivity contribution in [3.63, 3.8) is 0 Å². The average Bonchev–Trinajstić information content (AvgIpc) is 3.52. The zero-order chi connectivity index (χ0) is 25.6. The first-order valence-electron chi connectivity index (χ1n) is 11.0. The van der Waals surface area contributed by atoms with Gasteiger partial charge in [-0.25, -0.2) is 13.4 Å². The lowest BCUT2D eigenvalue weighted by molar-refractivity contribution is -0.143. The molecule has 0 spiro atoms. The summed E-state index contributed by atoms with van der Waals surface area (Å²) in [5, 5.41) is 5.57. The van der Waals surface area contributed by atoms with Crippen molar-refractivity contribution in [2.45, 2.75) is 37.1 Å². The Labute approximate surface area is 213 Å². The first kappa shape index (κ1) is 27.1. The van der Waals surface area contributed by atoms with E-state index in [1.807, 2.05) is 0 Å². The Bertz CT molecular complexity index is 1120. The van der Waals surface area contributed by atoms with Gasteiger partial charge in [-0.05, 0) is 50.2 Å². The molecule has 1 aromatic heterocycles. The fourth-order valence-electron chi connectivity index (χ4n) is 3.58. The molecule has 0 radical (unpaired) electrons. The fourth-order valence-corrected chi connectivity index (χ4v) is 5.45. The summed E-state index contributed by atoms with van der Waals surface area (Å²) < 4.78 is 33.6. The van der Waals surface area contributed by atoms with E-state index < -0.39 is 27.9 Å². The Morgan fingerprint density at radius 2 is 1.97 bits per heavy atom. The maximum absolute atomic E-state index is 13.1. The van der Waals surface area contributed by atoms with E-state index in [1.165, 1.54) is 0 Å². The predicted molar refractivity (Wildman–Crippen MR) is 133 cm³/mol. The quantitative estimate of drug-likeness (QED) is 0.188. The topological polar surface area (TPSA) is 168 Å². The van der Waals surface area contributed by atoms with Gasteiger partial charge in [0.2, 0.25) is 15.9 Å². The predicted octanol–water partition coefficient (Wildman–Crippen LogP) is 2.15. The second-order valence-corrected chi connectivity index (χ2v) is 10.7. The number of imidazole rings is 1. The first-order chi connectivity index (χ1) is 16.6. The lowest BCUT2D eigenvalue weighted by Crippen LogP contribution is -2.49. The Morgan fingerprint density at radius 3 is 2.54 bits per heavy atom. The molecular formula is C21H28Cl2N6O5S. The van der Waals surface area contributed by atoms with Gasteiger partial charge < -0.3 is 26.1 Å². The SMILES string of the molecule is CCOC(=O)CNC(=O)[C@H](CC(CNc1ncc[nH]1)C1CC1)NS(=O)(=O)c1cc(Cl)c(N)c(Cl)c1. The number of hydrogen-bond donors (Lipinski definition) is 5. The molecule has 1 aliphatic carbocycles. The fraction of sp³-hybridized carbons (Fsp3) is 0.476. The summed E-state index contributed by atoms with van der Waals surface area (Å²) in [4.78, 5) is 31.6. The number of sulfonamides is 1. The number of aromatic nitrogens is 2. The molecule has 192 valence electrons. The van der Waals surface area contributed by atoms with Gasteiger partial charge in [-0.15, -0.1) is 0 Å². The number of aromatic amines is 1. The zero-order valence-electron chi connectivity index (χ0n) is 19.0. The molecule has 6 N–H and O–H groups in total. The number of benzene rings is 1. The summed E-state index contributed by atoms with van der Waals surface area (Å²) in [6.07, 6.45) is 5.41. The van der Waals surface area contributed by atoms with Gasteiger partial charge in [-0.1, -0.05) is 23.2 Å². The van der Waals surface area contributed by atoms with Crippen LogP contribution in [0.5, 0.6) is 0 Å². The number of carbonyl (C=O) groups excluding carboxylic acids is 2. The number of nitrogens with one attached hydrogen (secondary N) is 4.